The van der Waals surface area contributed by atoms with Gasteiger partial charge in [-0.25, -0.2) is 4.98 Å². The van der Waals surface area contributed by atoms with E-state index >= 15 is 0 Å². The smallest absolute Gasteiger partial charge is 0.237 e. The number of aromatic nitrogens is 2. The topological polar surface area (TPSA) is 46.9 Å². The van der Waals surface area contributed by atoms with Crippen LogP contribution in [0.2, 0.25) is 0 Å². The number of fused-ring (bicyclic) bond motifs is 1. The van der Waals surface area contributed by atoms with Gasteiger partial charge in [0, 0.05) is 12.7 Å². The molecule has 0 radical (unpaired) electrons. The van der Waals surface area contributed by atoms with Crippen molar-refractivity contribution < 1.29 is 4.79 Å². The number of hydrogen-bond acceptors (Lipinski definition) is 3. The molecule has 1 aromatic heterocycles. The molecular weight excluding hydrogens is 318 g/mol. The van der Waals surface area contributed by atoms with E-state index in [1.807, 2.05) is 67.1 Å². The molecule has 0 aliphatic rings. The van der Waals surface area contributed by atoms with Crippen molar-refractivity contribution in [3.05, 3.63) is 54.1 Å². The van der Waals surface area contributed by atoms with Crippen molar-refractivity contribution in [2.75, 3.05) is 5.32 Å². The zero-order chi connectivity index (χ0) is 17.1. The van der Waals surface area contributed by atoms with Crippen molar-refractivity contribution in [2.24, 2.45) is 7.05 Å². The first-order chi connectivity index (χ1) is 11.6. The van der Waals surface area contributed by atoms with Gasteiger partial charge in [0.1, 0.15) is 0 Å². The molecule has 1 N–H and O–H groups in total. The van der Waals surface area contributed by atoms with Crippen LogP contribution in [0, 0.1) is 0 Å². The highest BCUT2D eigenvalue weighted by atomic mass is 32.2. The Bertz CT molecular complexity index is 855. The molecular formula is C19H21N3OS. The molecule has 5 heteroatoms. The van der Waals surface area contributed by atoms with Crippen LogP contribution in [0.3, 0.4) is 0 Å². The van der Waals surface area contributed by atoms with Crippen molar-refractivity contribution in [1.82, 2.24) is 9.55 Å². The molecule has 0 fully saturated rings. The molecule has 0 aliphatic carbocycles. The number of para-hydroxylation sites is 2. The predicted octanol–water partition coefficient (Wildman–Crippen LogP) is 4.26. The van der Waals surface area contributed by atoms with Crippen molar-refractivity contribution in [3.63, 3.8) is 0 Å². The number of rotatable bonds is 5. The SMILES string of the molecule is CCc1ccc(NC(=O)C(C)Sc2nc3ccccc3n2C)cc1. The number of imidazole rings is 1. The van der Waals surface area contributed by atoms with E-state index in [2.05, 4.69) is 17.2 Å². The molecule has 124 valence electrons. The fourth-order valence-corrected chi connectivity index (χ4v) is 3.40. The summed E-state index contributed by atoms with van der Waals surface area (Å²) < 4.78 is 2.03. The molecule has 1 amide bonds. The number of aryl methyl sites for hydroxylation is 2. The summed E-state index contributed by atoms with van der Waals surface area (Å²) in [7, 11) is 1.98. The third kappa shape index (κ3) is 3.46. The maximum atomic E-state index is 12.4. The first-order valence-electron chi connectivity index (χ1n) is 8.06. The van der Waals surface area contributed by atoms with E-state index in [0.29, 0.717) is 0 Å². The molecule has 3 rings (SSSR count). The van der Waals surface area contributed by atoms with Gasteiger partial charge in [-0.15, -0.1) is 0 Å². The maximum Gasteiger partial charge on any atom is 0.237 e. The van der Waals surface area contributed by atoms with E-state index in [0.717, 1.165) is 28.3 Å². The Morgan fingerprint density at radius 2 is 1.92 bits per heavy atom. The summed E-state index contributed by atoms with van der Waals surface area (Å²) in [5.74, 6) is -0.0173. The second-order valence-corrected chi connectivity index (χ2v) is 7.05. The lowest BCUT2D eigenvalue weighted by molar-refractivity contribution is -0.115. The van der Waals surface area contributed by atoms with E-state index in [4.69, 9.17) is 0 Å². The monoisotopic (exact) mass is 339 g/mol. The standard InChI is InChI=1S/C19H21N3OS/c1-4-14-9-11-15(12-10-14)20-18(23)13(2)24-19-21-16-7-5-6-8-17(16)22(19)3/h5-13H,4H2,1-3H3,(H,20,23). The molecule has 0 spiro atoms. The fraction of sp³-hybridized carbons (Fsp3) is 0.263. The average molecular weight is 339 g/mol. The summed E-state index contributed by atoms with van der Waals surface area (Å²) in [5, 5.41) is 3.59. The van der Waals surface area contributed by atoms with Gasteiger partial charge >= 0.3 is 0 Å². The van der Waals surface area contributed by atoms with Gasteiger partial charge < -0.3 is 9.88 Å². The summed E-state index contributed by atoms with van der Waals surface area (Å²) in [6.07, 6.45) is 0.993. The van der Waals surface area contributed by atoms with Crippen molar-refractivity contribution >= 4 is 34.4 Å². The molecule has 3 aromatic rings. The number of hydrogen-bond donors (Lipinski definition) is 1. The van der Waals surface area contributed by atoms with E-state index in [1.165, 1.54) is 17.3 Å². The Kier molecular flexibility index (Phi) is 4.90. The number of nitrogens with zero attached hydrogens (tertiary/aromatic N) is 2. The molecule has 2 aromatic carbocycles. The zero-order valence-corrected chi connectivity index (χ0v) is 14.9. The van der Waals surface area contributed by atoms with Gasteiger partial charge in [-0.1, -0.05) is 43.0 Å². The van der Waals surface area contributed by atoms with E-state index in [-0.39, 0.29) is 11.2 Å². The zero-order valence-electron chi connectivity index (χ0n) is 14.1. The third-order valence-corrected chi connectivity index (χ3v) is 5.17. The summed E-state index contributed by atoms with van der Waals surface area (Å²) >= 11 is 1.47. The normalized spacial score (nSPS) is 12.3. The molecule has 0 saturated carbocycles. The van der Waals surface area contributed by atoms with Crippen LogP contribution in [0.15, 0.2) is 53.7 Å². The number of carbonyl (C=O) groups excluding carboxylic acids is 1. The Morgan fingerprint density at radius 3 is 2.58 bits per heavy atom. The molecule has 1 atom stereocenters. The largest absolute Gasteiger partial charge is 0.325 e. The number of amides is 1. The number of thioether (sulfide) groups is 1. The van der Waals surface area contributed by atoms with Crippen LogP contribution >= 0.6 is 11.8 Å². The quantitative estimate of drug-likeness (QED) is 0.707. The van der Waals surface area contributed by atoms with Crippen LogP contribution in [-0.4, -0.2) is 20.7 Å². The minimum atomic E-state index is -0.230. The minimum absolute atomic E-state index is 0.0173. The van der Waals surface area contributed by atoms with Crippen molar-refractivity contribution in [2.45, 2.75) is 30.7 Å². The summed E-state index contributed by atoms with van der Waals surface area (Å²) in [4.78, 5) is 17.0. The highest BCUT2D eigenvalue weighted by molar-refractivity contribution is 8.00. The first kappa shape index (κ1) is 16.6. The van der Waals surface area contributed by atoms with Gasteiger partial charge in [0.25, 0.3) is 0 Å². The van der Waals surface area contributed by atoms with Gasteiger partial charge in [0.15, 0.2) is 5.16 Å². The highest BCUT2D eigenvalue weighted by Gasteiger charge is 2.18. The fourth-order valence-electron chi connectivity index (χ4n) is 2.51. The molecule has 1 unspecified atom stereocenters. The van der Waals surface area contributed by atoms with Crippen LogP contribution in [-0.2, 0) is 18.3 Å². The van der Waals surface area contributed by atoms with E-state index in [9.17, 15) is 4.79 Å². The Labute approximate surface area is 146 Å². The van der Waals surface area contributed by atoms with Gasteiger partial charge in [0.2, 0.25) is 5.91 Å². The van der Waals surface area contributed by atoms with Crippen LogP contribution in [0.25, 0.3) is 11.0 Å². The van der Waals surface area contributed by atoms with E-state index < -0.39 is 0 Å². The van der Waals surface area contributed by atoms with Crippen LogP contribution < -0.4 is 5.32 Å². The van der Waals surface area contributed by atoms with Crippen LogP contribution in [0.1, 0.15) is 19.4 Å². The molecule has 0 bridgehead atoms. The van der Waals surface area contributed by atoms with Gasteiger partial charge in [-0.05, 0) is 43.2 Å². The lowest BCUT2D eigenvalue weighted by Crippen LogP contribution is -2.22. The lowest BCUT2D eigenvalue weighted by Gasteiger charge is -2.12. The number of nitrogens with one attached hydrogen (secondary N) is 1. The molecule has 24 heavy (non-hydrogen) atoms. The lowest BCUT2D eigenvalue weighted by atomic mass is 10.1. The predicted molar refractivity (Wildman–Crippen MR) is 100 cm³/mol. The Hall–Kier alpha value is -2.27. The summed E-state index contributed by atoms with van der Waals surface area (Å²) in [6, 6.07) is 16.0. The molecule has 4 nitrogen and oxygen atoms in total. The average Bonchev–Trinajstić information content (AvgIpc) is 2.92. The Balaban J connectivity index is 1.69. The second kappa shape index (κ2) is 7.09. The molecule has 0 saturated heterocycles. The first-order valence-corrected chi connectivity index (χ1v) is 8.94. The van der Waals surface area contributed by atoms with Crippen molar-refractivity contribution in [3.8, 4) is 0 Å². The third-order valence-electron chi connectivity index (χ3n) is 4.03. The maximum absolute atomic E-state index is 12.4. The second-order valence-electron chi connectivity index (χ2n) is 5.74. The van der Waals surface area contributed by atoms with E-state index in [1.54, 1.807) is 0 Å². The number of anilines is 1. The summed E-state index contributed by atoms with van der Waals surface area (Å²) in [6.45, 7) is 4.02. The Morgan fingerprint density at radius 1 is 1.21 bits per heavy atom. The van der Waals surface area contributed by atoms with Gasteiger partial charge in [-0.2, -0.15) is 0 Å². The molecule has 1 heterocycles. The highest BCUT2D eigenvalue weighted by Crippen LogP contribution is 2.26. The number of benzene rings is 2. The van der Waals surface area contributed by atoms with Crippen LogP contribution in [0.4, 0.5) is 5.69 Å². The van der Waals surface area contributed by atoms with Crippen molar-refractivity contribution in [1.29, 1.82) is 0 Å². The molecule has 0 aliphatic heterocycles. The number of carbonyl (C=O) groups is 1. The van der Waals surface area contributed by atoms with Gasteiger partial charge in [-0.3, -0.25) is 4.79 Å². The van der Waals surface area contributed by atoms with Gasteiger partial charge in [0.05, 0.1) is 16.3 Å². The minimum Gasteiger partial charge on any atom is -0.325 e. The summed E-state index contributed by atoms with van der Waals surface area (Å²) in [5.41, 5.74) is 4.11. The van der Waals surface area contributed by atoms with Crippen LogP contribution in [0.5, 0.6) is 0 Å².